The number of fused-ring (bicyclic) bond motifs is 1. The summed E-state index contributed by atoms with van der Waals surface area (Å²) in [5.41, 5.74) is 3.30. The highest BCUT2D eigenvalue weighted by Gasteiger charge is 2.27. The van der Waals surface area contributed by atoms with Crippen LogP contribution in [0.4, 0.5) is 0 Å². The highest BCUT2D eigenvalue weighted by atomic mass is 16.5. The van der Waals surface area contributed by atoms with Gasteiger partial charge in [-0.25, -0.2) is 9.97 Å². The Labute approximate surface area is 152 Å². The molecular formula is C20H22N4O2. The van der Waals surface area contributed by atoms with E-state index in [0.717, 1.165) is 24.1 Å². The molecule has 1 saturated heterocycles. The molecule has 1 amide bonds. The van der Waals surface area contributed by atoms with Gasteiger partial charge in [-0.1, -0.05) is 30.3 Å². The molecule has 1 aliphatic rings. The highest BCUT2D eigenvalue weighted by molar-refractivity contribution is 5.96. The Balaban J connectivity index is 1.52. The van der Waals surface area contributed by atoms with Crippen molar-refractivity contribution in [1.82, 2.24) is 19.4 Å². The molecule has 3 heterocycles. The number of aromatic nitrogens is 3. The Morgan fingerprint density at radius 1 is 1.27 bits per heavy atom. The number of imidazole rings is 1. The van der Waals surface area contributed by atoms with Crippen molar-refractivity contribution < 1.29 is 9.53 Å². The summed E-state index contributed by atoms with van der Waals surface area (Å²) in [6.07, 6.45) is 4.47. The Hall–Kier alpha value is -2.73. The number of likely N-dealkylation sites (tertiary alicyclic amines) is 1. The van der Waals surface area contributed by atoms with Gasteiger partial charge < -0.3 is 14.2 Å². The van der Waals surface area contributed by atoms with E-state index in [1.54, 1.807) is 12.5 Å². The third-order valence-electron chi connectivity index (χ3n) is 4.73. The molecule has 1 aromatic carbocycles. The van der Waals surface area contributed by atoms with E-state index in [1.165, 1.54) is 5.56 Å². The summed E-state index contributed by atoms with van der Waals surface area (Å²) in [6.45, 7) is 4.74. The third kappa shape index (κ3) is 3.32. The zero-order valence-corrected chi connectivity index (χ0v) is 14.8. The minimum absolute atomic E-state index is 0.000729. The molecule has 1 aliphatic heterocycles. The summed E-state index contributed by atoms with van der Waals surface area (Å²) in [5.74, 6) is -0.000729. The van der Waals surface area contributed by atoms with Crippen LogP contribution in [-0.4, -0.2) is 51.1 Å². The van der Waals surface area contributed by atoms with Gasteiger partial charge >= 0.3 is 0 Å². The average Bonchev–Trinajstić information content (AvgIpc) is 3.29. The predicted octanol–water partition coefficient (Wildman–Crippen LogP) is 2.73. The molecule has 0 radical (unpaired) electrons. The van der Waals surface area contributed by atoms with Crippen LogP contribution in [0.15, 0.2) is 48.9 Å². The van der Waals surface area contributed by atoms with Crippen LogP contribution in [-0.2, 0) is 11.3 Å². The first-order valence-electron chi connectivity index (χ1n) is 9.00. The smallest absolute Gasteiger partial charge is 0.255 e. The molecule has 1 fully saturated rings. The van der Waals surface area contributed by atoms with Gasteiger partial charge in [-0.05, 0) is 25.0 Å². The van der Waals surface area contributed by atoms with E-state index >= 15 is 0 Å². The zero-order valence-electron chi connectivity index (χ0n) is 14.8. The van der Waals surface area contributed by atoms with Crippen LogP contribution in [0.3, 0.4) is 0 Å². The molecule has 1 unspecified atom stereocenters. The maximum atomic E-state index is 12.7. The van der Waals surface area contributed by atoms with Gasteiger partial charge in [0.15, 0.2) is 5.65 Å². The number of nitrogens with zero attached hydrogens (tertiary/aromatic N) is 4. The fourth-order valence-corrected chi connectivity index (χ4v) is 3.43. The lowest BCUT2D eigenvalue weighted by molar-refractivity contribution is 0.0598. The highest BCUT2D eigenvalue weighted by Crippen LogP contribution is 2.19. The van der Waals surface area contributed by atoms with Crippen LogP contribution in [0.5, 0.6) is 0 Å². The molecule has 2 aromatic heterocycles. The Kier molecular flexibility index (Phi) is 4.67. The normalized spacial score (nSPS) is 17.1. The molecule has 134 valence electrons. The maximum Gasteiger partial charge on any atom is 0.255 e. The fourth-order valence-electron chi connectivity index (χ4n) is 3.43. The van der Waals surface area contributed by atoms with E-state index in [2.05, 4.69) is 22.1 Å². The molecule has 0 bridgehead atoms. The summed E-state index contributed by atoms with van der Waals surface area (Å²) < 4.78 is 7.62. The lowest BCUT2D eigenvalue weighted by Crippen LogP contribution is -2.30. The molecule has 4 rings (SSSR count). The number of ether oxygens (including phenoxy) is 1. The van der Waals surface area contributed by atoms with Gasteiger partial charge in [-0.3, -0.25) is 4.79 Å². The molecule has 6 heteroatoms. The number of benzene rings is 1. The lowest BCUT2D eigenvalue weighted by Gasteiger charge is -2.16. The van der Waals surface area contributed by atoms with Gasteiger partial charge in [0.2, 0.25) is 0 Å². The Morgan fingerprint density at radius 3 is 2.92 bits per heavy atom. The number of rotatable bonds is 5. The zero-order chi connectivity index (χ0) is 17.9. The number of hydrogen-bond donors (Lipinski definition) is 0. The van der Waals surface area contributed by atoms with Gasteiger partial charge in [0.1, 0.15) is 5.52 Å². The SMILES string of the molecule is CCOC1CCN(C(=O)c2cnc3c(c2)ncn3Cc2ccccc2)C1. The summed E-state index contributed by atoms with van der Waals surface area (Å²) in [6, 6.07) is 12.0. The van der Waals surface area contributed by atoms with Crippen molar-refractivity contribution in [2.75, 3.05) is 19.7 Å². The van der Waals surface area contributed by atoms with Crippen LogP contribution < -0.4 is 0 Å². The molecule has 1 atom stereocenters. The first-order chi connectivity index (χ1) is 12.7. The lowest BCUT2D eigenvalue weighted by atomic mass is 10.2. The van der Waals surface area contributed by atoms with Gasteiger partial charge in [0.25, 0.3) is 5.91 Å². The first-order valence-corrected chi connectivity index (χ1v) is 9.00. The summed E-state index contributed by atoms with van der Waals surface area (Å²) in [5, 5.41) is 0. The fraction of sp³-hybridized carbons (Fsp3) is 0.350. The second-order valence-corrected chi connectivity index (χ2v) is 6.54. The Bertz CT molecular complexity index is 907. The number of hydrogen-bond acceptors (Lipinski definition) is 4. The molecule has 0 N–H and O–H groups in total. The maximum absolute atomic E-state index is 12.7. The third-order valence-corrected chi connectivity index (χ3v) is 4.73. The van der Waals surface area contributed by atoms with Crippen LogP contribution >= 0.6 is 0 Å². The quantitative estimate of drug-likeness (QED) is 0.710. The van der Waals surface area contributed by atoms with Crippen molar-refractivity contribution in [3.8, 4) is 0 Å². The van der Waals surface area contributed by atoms with Crippen LogP contribution in [0.1, 0.15) is 29.3 Å². The predicted molar refractivity (Wildman–Crippen MR) is 99.0 cm³/mol. The number of carbonyl (C=O) groups is 1. The summed E-state index contributed by atoms with van der Waals surface area (Å²) in [4.78, 5) is 23.5. The molecule has 26 heavy (non-hydrogen) atoms. The van der Waals surface area contributed by atoms with Crippen LogP contribution in [0.2, 0.25) is 0 Å². The monoisotopic (exact) mass is 350 g/mol. The summed E-state index contributed by atoms with van der Waals surface area (Å²) in [7, 11) is 0. The standard InChI is InChI=1S/C20H22N4O2/c1-2-26-17-8-9-23(13-17)20(25)16-10-18-19(21-11-16)24(14-22-18)12-15-6-4-3-5-7-15/h3-7,10-11,14,17H,2,8-9,12-13H2,1H3. The second kappa shape index (κ2) is 7.25. The van der Waals surface area contributed by atoms with Crippen molar-refractivity contribution in [2.45, 2.75) is 26.0 Å². The van der Waals surface area contributed by atoms with Crippen molar-refractivity contribution >= 4 is 17.1 Å². The van der Waals surface area contributed by atoms with Crippen molar-refractivity contribution in [3.63, 3.8) is 0 Å². The van der Waals surface area contributed by atoms with Gasteiger partial charge in [0.05, 0.1) is 24.5 Å². The summed E-state index contributed by atoms with van der Waals surface area (Å²) >= 11 is 0. The van der Waals surface area contributed by atoms with E-state index in [1.807, 2.05) is 40.7 Å². The van der Waals surface area contributed by atoms with Crippen molar-refractivity contribution in [3.05, 3.63) is 60.0 Å². The first kappa shape index (κ1) is 16.7. The number of pyridine rings is 1. The minimum Gasteiger partial charge on any atom is -0.377 e. The molecule has 0 aliphatic carbocycles. The van der Waals surface area contributed by atoms with Crippen molar-refractivity contribution in [2.24, 2.45) is 0 Å². The number of amides is 1. The average molecular weight is 350 g/mol. The van der Waals surface area contributed by atoms with Gasteiger partial charge in [-0.15, -0.1) is 0 Å². The molecule has 3 aromatic rings. The molecule has 0 spiro atoms. The molecule has 0 saturated carbocycles. The Morgan fingerprint density at radius 2 is 2.12 bits per heavy atom. The topological polar surface area (TPSA) is 60.2 Å². The van der Waals surface area contributed by atoms with E-state index in [4.69, 9.17) is 4.74 Å². The van der Waals surface area contributed by atoms with Crippen molar-refractivity contribution in [1.29, 1.82) is 0 Å². The van der Waals surface area contributed by atoms with Crippen LogP contribution in [0.25, 0.3) is 11.2 Å². The van der Waals surface area contributed by atoms with Gasteiger partial charge in [-0.2, -0.15) is 0 Å². The van der Waals surface area contributed by atoms with Crippen LogP contribution in [0, 0.1) is 0 Å². The largest absolute Gasteiger partial charge is 0.377 e. The number of carbonyl (C=O) groups excluding carboxylic acids is 1. The van der Waals surface area contributed by atoms with E-state index in [-0.39, 0.29) is 12.0 Å². The van der Waals surface area contributed by atoms with E-state index in [9.17, 15) is 4.79 Å². The van der Waals surface area contributed by atoms with Gasteiger partial charge in [0, 0.05) is 25.9 Å². The van der Waals surface area contributed by atoms with E-state index in [0.29, 0.717) is 25.3 Å². The second-order valence-electron chi connectivity index (χ2n) is 6.54. The van der Waals surface area contributed by atoms with E-state index < -0.39 is 0 Å². The molecular weight excluding hydrogens is 328 g/mol. The molecule has 6 nitrogen and oxygen atoms in total. The minimum atomic E-state index is -0.000729.